The van der Waals surface area contributed by atoms with Crippen LogP contribution in [0.2, 0.25) is 0 Å². The van der Waals surface area contributed by atoms with E-state index in [0.29, 0.717) is 11.2 Å². The molecule has 0 bridgehead atoms. The number of hydrogen-bond acceptors (Lipinski definition) is 3. The van der Waals surface area contributed by atoms with Crippen LogP contribution in [0.15, 0.2) is 53.5 Å². The number of anilines is 1. The molecule has 0 fully saturated rings. The summed E-state index contributed by atoms with van der Waals surface area (Å²) in [4.78, 5) is 30.8. The third-order valence-corrected chi connectivity index (χ3v) is 3.16. The molecule has 3 rings (SSSR count). The maximum Gasteiger partial charge on any atom is 0.273 e. The molecule has 0 atom stereocenters. The Balaban J connectivity index is 1.96. The number of H-pyrrole nitrogens is 1. The molecule has 0 aliphatic heterocycles. The van der Waals surface area contributed by atoms with Crippen molar-refractivity contribution in [3.05, 3.63) is 70.3 Å². The van der Waals surface area contributed by atoms with E-state index >= 15 is 0 Å². The zero-order valence-electron chi connectivity index (χ0n) is 11.4. The number of carbonyl (C=O) groups excluding carboxylic acids is 1. The Morgan fingerprint density at radius 3 is 2.81 bits per heavy atom. The van der Waals surface area contributed by atoms with Crippen LogP contribution >= 0.6 is 0 Å². The molecule has 5 nitrogen and oxygen atoms in total. The van der Waals surface area contributed by atoms with Crippen molar-refractivity contribution in [2.45, 2.75) is 6.92 Å². The van der Waals surface area contributed by atoms with E-state index in [0.717, 1.165) is 10.9 Å². The van der Waals surface area contributed by atoms with Gasteiger partial charge in [-0.2, -0.15) is 0 Å². The van der Waals surface area contributed by atoms with E-state index in [4.69, 9.17) is 0 Å². The van der Waals surface area contributed by atoms with E-state index in [1.165, 1.54) is 0 Å². The van der Waals surface area contributed by atoms with E-state index in [9.17, 15) is 9.59 Å². The van der Waals surface area contributed by atoms with Crippen molar-refractivity contribution in [3.8, 4) is 0 Å². The highest BCUT2D eigenvalue weighted by Crippen LogP contribution is 2.11. The molecule has 3 aromatic rings. The van der Waals surface area contributed by atoms with Gasteiger partial charge in [0.2, 0.25) is 0 Å². The third-order valence-electron chi connectivity index (χ3n) is 3.16. The summed E-state index contributed by atoms with van der Waals surface area (Å²) in [5.74, 6) is 0.0601. The molecule has 21 heavy (non-hydrogen) atoms. The number of aromatic nitrogens is 2. The Hall–Kier alpha value is -2.95. The Kier molecular flexibility index (Phi) is 3.23. The summed E-state index contributed by atoms with van der Waals surface area (Å²) in [5, 5.41) is 3.95. The van der Waals surface area contributed by atoms with Crippen LogP contribution in [0.25, 0.3) is 10.8 Å². The zero-order chi connectivity index (χ0) is 14.8. The number of hydrogen-bond donors (Lipinski definition) is 2. The minimum Gasteiger partial charge on any atom is -0.317 e. The first kappa shape index (κ1) is 13.1. The molecule has 0 aliphatic carbocycles. The summed E-state index contributed by atoms with van der Waals surface area (Å²) in [6, 6.07) is 12.4. The van der Waals surface area contributed by atoms with Crippen molar-refractivity contribution >= 4 is 22.5 Å². The topological polar surface area (TPSA) is 74.8 Å². The van der Waals surface area contributed by atoms with Crippen molar-refractivity contribution < 1.29 is 4.79 Å². The molecule has 0 saturated heterocycles. The van der Waals surface area contributed by atoms with Gasteiger partial charge in [0.15, 0.2) is 0 Å². The second-order valence-corrected chi connectivity index (χ2v) is 4.77. The van der Waals surface area contributed by atoms with Gasteiger partial charge in [0.1, 0.15) is 11.5 Å². The number of aryl methyl sites for hydroxylation is 1. The molecule has 0 aliphatic rings. The van der Waals surface area contributed by atoms with Crippen LogP contribution < -0.4 is 10.9 Å². The van der Waals surface area contributed by atoms with Crippen LogP contribution in [-0.2, 0) is 0 Å². The highest BCUT2D eigenvalue weighted by molar-refractivity contribution is 6.04. The average molecular weight is 279 g/mol. The lowest BCUT2D eigenvalue weighted by atomic mass is 10.1. The van der Waals surface area contributed by atoms with Crippen molar-refractivity contribution in [1.82, 2.24) is 9.97 Å². The number of carbonyl (C=O) groups is 1. The maximum absolute atomic E-state index is 12.2. The number of fused-ring (bicyclic) bond motifs is 1. The molecule has 2 aromatic heterocycles. The van der Waals surface area contributed by atoms with Crippen molar-refractivity contribution in [2.24, 2.45) is 0 Å². The van der Waals surface area contributed by atoms with E-state index in [-0.39, 0.29) is 11.3 Å². The number of rotatable bonds is 2. The maximum atomic E-state index is 12.2. The van der Waals surface area contributed by atoms with Crippen LogP contribution in [0.3, 0.4) is 0 Å². The molecule has 1 amide bonds. The molecule has 5 heteroatoms. The monoisotopic (exact) mass is 279 g/mol. The van der Waals surface area contributed by atoms with Crippen molar-refractivity contribution in [2.75, 3.05) is 5.32 Å². The van der Waals surface area contributed by atoms with Gasteiger partial charge < -0.3 is 10.3 Å². The molecular weight excluding hydrogens is 266 g/mol. The minimum absolute atomic E-state index is 0.210. The van der Waals surface area contributed by atoms with Gasteiger partial charge in [0.05, 0.1) is 0 Å². The summed E-state index contributed by atoms with van der Waals surface area (Å²) >= 11 is 0. The standard InChI is InChI=1S/C16H13N3O2/c1-10-6-7-17-14(8-10)19-16(21)13-9-11-4-2-3-5-12(11)15(20)18-13/h2-9H,1H3,(H,18,20)(H,17,19,21). The fourth-order valence-corrected chi connectivity index (χ4v) is 2.12. The molecule has 0 unspecified atom stereocenters. The summed E-state index contributed by atoms with van der Waals surface area (Å²) < 4.78 is 0. The molecule has 0 radical (unpaired) electrons. The normalized spacial score (nSPS) is 10.5. The minimum atomic E-state index is -0.393. The molecular formula is C16H13N3O2. The highest BCUT2D eigenvalue weighted by atomic mass is 16.2. The van der Waals surface area contributed by atoms with Crippen molar-refractivity contribution in [3.63, 3.8) is 0 Å². The van der Waals surface area contributed by atoms with Crippen molar-refractivity contribution in [1.29, 1.82) is 0 Å². The quantitative estimate of drug-likeness (QED) is 0.756. The first-order valence-electron chi connectivity index (χ1n) is 6.49. The first-order valence-corrected chi connectivity index (χ1v) is 6.49. The van der Waals surface area contributed by atoms with E-state index in [2.05, 4.69) is 15.3 Å². The predicted octanol–water partition coefficient (Wildman–Crippen LogP) is 2.48. The van der Waals surface area contributed by atoms with E-state index < -0.39 is 5.91 Å². The van der Waals surface area contributed by atoms with Gasteiger partial charge in [-0.3, -0.25) is 9.59 Å². The Bertz CT molecular complexity index is 884. The fourth-order valence-electron chi connectivity index (χ4n) is 2.12. The number of nitrogens with one attached hydrogen (secondary N) is 2. The van der Waals surface area contributed by atoms with Gasteiger partial charge in [0.25, 0.3) is 11.5 Å². The lowest BCUT2D eigenvalue weighted by Gasteiger charge is -2.06. The van der Waals surface area contributed by atoms with Crippen LogP contribution in [0.1, 0.15) is 16.1 Å². The number of aromatic amines is 1. The van der Waals surface area contributed by atoms with Crippen LogP contribution in [0, 0.1) is 6.92 Å². The Labute approximate surface area is 120 Å². The summed E-state index contributed by atoms with van der Waals surface area (Å²) in [6.45, 7) is 1.91. The summed E-state index contributed by atoms with van der Waals surface area (Å²) in [5.41, 5.74) is 0.921. The van der Waals surface area contributed by atoms with Crippen LogP contribution in [0.4, 0.5) is 5.82 Å². The lowest BCUT2D eigenvalue weighted by Crippen LogP contribution is -2.19. The average Bonchev–Trinajstić information content (AvgIpc) is 2.47. The predicted molar refractivity (Wildman–Crippen MR) is 81.5 cm³/mol. The van der Waals surface area contributed by atoms with Gasteiger partial charge in [-0.05, 0) is 42.1 Å². The van der Waals surface area contributed by atoms with Gasteiger partial charge in [-0.15, -0.1) is 0 Å². The zero-order valence-corrected chi connectivity index (χ0v) is 11.4. The van der Waals surface area contributed by atoms with Gasteiger partial charge in [-0.25, -0.2) is 4.98 Å². The number of nitrogens with zero attached hydrogens (tertiary/aromatic N) is 1. The SMILES string of the molecule is Cc1ccnc(NC(=O)c2cc3ccccc3c(=O)[nH]2)c1. The molecule has 0 spiro atoms. The van der Waals surface area contributed by atoms with Gasteiger partial charge in [-0.1, -0.05) is 18.2 Å². The summed E-state index contributed by atoms with van der Waals surface area (Å²) in [7, 11) is 0. The fraction of sp³-hybridized carbons (Fsp3) is 0.0625. The van der Waals surface area contributed by atoms with Gasteiger partial charge >= 0.3 is 0 Å². The van der Waals surface area contributed by atoms with Crippen LogP contribution in [-0.4, -0.2) is 15.9 Å². The lowest BCUT2D eigenvalue weighted by molar-refractivity contribution is 0.102. The third kappa shape index (κ3) is 2.67. The molecule has 2 heterocycles. The number of pyridine rings is 2. The number of benzene rings is 1. The molecule has 1 aromatic carbocycles. The van der Waals surface area contributed by atoms with E-state index in [1.807, 2.05) is 19.1 Å². The molecule has 104 valence electrons. The Morgan fingerprint density at radius 2 is 2.00 bits per heavy atom. The highest BCUT2D eigenvalue weighted by Gasteiger charge is 2.10. The Morgan fingerprint density at radius 1 is 1.19 bits per heavy atom. The second-order valence-electron chi connectivity index (χ2n) is 4.77. The smallest absolute Gasteiger partial charge is 0.273 e. The van der Waals surface area contributed by atoms with E-state index in [1.54, 1.807) is 36.5 Å². The first-order chi connectivity index (χ1) is 10.1. The largest absolute Gasteiger partial charge is 0.317 e. The molecule has 2 N–H and O–H groups in total. The van der Waals surface area contributed by atoms with Crippen LogP contribution in [0.5, 0.6) is 0 Å². The number of amides is 1. The molecule has 0 saturated carbocycles. The van der Waals surface area contributed by atoms with Gasteiger partial charge in [0, 0.05) is 11.6 Å². The summed E-state index contributed by atoms with van der Waals surface area (Å²) in [6.07, 6.45) is 1.62. The second kappa shape index (κ2) is 5.20.